The van der Waals surface area contributed by atoms with Crippen LogP contribution in [0.25, 0.3) is 0 Å². The van der Waals surface area contributed by atoms with Crippen molar-refractivity contribution in [2.45, 2.75) is 19.8 Å². The largest absolute Gasteiger partial charge is 0.363 e. The van der Waals surface area contributed by atoms with Gasteiger partial charge in [-0.25, -0.2) is 9.97 Å². The molecule has 0 radical (unpaired) electrons. The maximum Gasteiger partial charge on any atom is 0.132 e. The molecular weight excluding hydrogens is 176 g/mol. The van der Waals surface area contributed by atoms with Gasteiger partial charge in [0.2, 0.25) is 0 Å². The first-order valence-electron chi connectivity index (χ1n) is 4.77. The van der Waals surface area contributed by atoms with Crippen molar-refractivity contribution in [3.05, 3.63) is 17.6 Å². The van der Waals surface area contributed by atoms with Gasteiger partial charge >= 0.3 is 0 Å². The van der Waals surface area contributed by atoms with E-state index in [1.807, 2.05) is 32.0 Å². The van der Waals surface area contributed by atoms with E-state index in [-0.39, 0.29) is 5.92 Å². The lowest BCUT2D eigenvalue weighted by molar-refractivity contribution is 0.732. The van der Waals surface area contributed by atoms with Crippen molar-refractivity contribution < 1.29 is 0 Å². The van der Waals surface area contributed by atoms with Crippen LogP contribution in [0.15, 0.2) is 6.07 Å². The number of aromatic nitrogens is 2. The van der Waals surface area contributed by atoms with Crippen molar-refractivity contribution in [1.82, 2.24) is 9.97 Å². The maximum atomic E-state index is 5.61. The Kier molecular flexibility index (Phi) is 3.41. The molecule has 1 rings (SSSR count). The summed E-state index contributed by atoms with van der Waals surface area (Å²) < 4.78 is 0. The highest BCUT2D eigenvalue weighted by atomic mass is 15.1. The van der Waals surface area contributed by atoms with E-state index in [4.69, 9.17) is 5.73 Å². The fraction of sp³-hybridized carbons (Fsp3) is 0.600. The van der Waals surface area contributed by atoms with Crippen LogP contribution in [-0.4, -0.2) is 30.6 Å². The highest BCUT2D eigenvalue weighted by Crippen LogP contribution is 2.16. The zero-order valence-electron chi connectivity index (χ0n) is 9.28. The predicted octanol–water partition coefficient (Wildman–Crippen LogP) is 0.913. The van der Waals surface area contributed by atoms with Crippen LogP contribution in [0.4, 0.5) is 5.82 Å². The van der Waals surface area contributed by atoms with Crippen LogP contribution >= 0.6 is 0 Å². The first kappa shape index (κ1) is 10.9. The van der Waals surface area contributed by atoms with Crippen LogP contribution in [0.3, 0.4) is 0 Å². The normalized spacial score (nSPS) is 12.6. The van der Waals surface area contributed by atoms with E-state index in [9.17, 15) is 0 Å². The molecule has 0 fully saturated rings. The summed E-state index contributed by atoms with van der Waals surface area (Å²) >= 11 is 0. The third-order valence-electron chi connectivity index (χ3n) is 2.16. The summed E-state index contributed by atoms with van der Waals surface area (Å²) in [5.74, 6) is 2.02. The van der Waals surface area contributed by atoms with Crippen molar-refractivity contribution >= 4 is 5.82 Å². The molecule has 4 heteroatoms. The van der Waals surface area contributed by atoms with E-state index in [2.05, 4.69) is 16.9 Å². The molecule has 1 heterocycles. The number of hydrogen-bond acceptors (Lipinski definition) is 4. The Bertz CT molecular complexity index is 309. The molecule has 78 valence electrons. The number of rotatable bonds is 3. The van der Waals surface area contributed by atoms with E-state index in [1.165, 1.54) is 0 Å². The van der Waals surface area contributed by atoms with E-state index in [1.54, 1.807) is 0 Å². The van der Waals surface area contributed by atoms with E-state index >= 15 is 0 Å². The molecule has 0 bridgehead atoms. The zero-order chi connectivity index (χ0) is 10.7. The number of aryl methyl sites for hydroxylation is 1. The summed E-state index contributed by atoms with van der Waals surface area (Å²) in [6.07, 6.45) is 0. The third-order valence-corrected chi connectivity index (χ3v) is 2.16. The second-order valence-electron chi connectivity index (χ2n) is 3.73. The summed E-state index contributed by atoms with van der Waals surface area (Å²) in [6.45, 7) is 4.59. The molecule has 1 unspecified atom stereocenters. The van der Waals surface area contributed by atoms with Gasteiger partial charge < -0.3 is 10.6 Å². The lowest BCUT2D eigenvalue weighted by atomic mass is 10.1. The molecule has 0 saturated heterocycles. The molecule has 14 heavy (non-hydrogen) atoms. The molecule has 1 aromatic rings. The minimum absolute atomic E-state index is 0.287. The van der Waals surface area contributed by atoms with Gasteiger partial charge in [0, 0.05) is 32.6 Å². The van der Waals surface area contributed by atoms with Gasteiger partial charge in [0.05, 0.1) is 5.69 Å². The lowest BCUT2D eigenvalue weighted by Crippen LogP contribution is -2.16. The van der Waals surface area contributed by atoms with E-state index < -0.39 is 0 Å². The quantitative estimate of drug-likeness (QED) is 0.777. The summed E-state index contributed by atoms with van der Waals surface area (Å²) in [5.41, 5.74) is 6.62. The van der Waals surface area contributed by atoms with Crippen LogP contribution in [0.1, 0.15) is 24.4 Å². The highest BCUT2D eigenvalue weighted by molar-refractivity contribution is 5.38. The second kappa shape index (κ2) is 4.37. The molecule has 0 aromatic carbocycles. The van der Waals surface area contributed by atoms with Crippen molar-refractivity contribution in [3.8, 4) is 0 Å². The van der Waals surface area contributed by atoms with Crippen LogP contribution in [0.5, 0.6) is 0 Å². The molecule has 0 saturated carbocycles. The Balaban J connectivity index is 3.07. The molecular formula is C10H18N4. The predicted molar refractivity (Wildman–Crippen MR) is 58.6 cm³/mol. The third kappa shape index (κ3) is 2.42. The number of nitrogens with two attached hydrogens (primary N) is 1. The fourth-order valence-corrected chi connectivity index (χ4v) is 1.18. The number of hydrogen-bond donors (Lipinski definition) is 1. The number of anilines is 1. The van der Waals surface area contributed by atoms with Crippen molar-refractivity contribution in [2.24, 2.45) is 5.73 Å². The molecule has 0 spiro atoms. The van der Waals surface area contributed by atoms with Gasteiger partial charge in [-0.15, -0.1) is 0 Å². The Morgan fingerprint density at radius 1 is 1.43 bits per heavy atom. The first-order chi connectivity index (χ1) is 6.54. The molecule has 1 atom stereocenters. The lowest BCUT2D eigenvalue weighted by Gasteiger charge is -2.15. The standard InChI is InChI=1S/C10H18N4/c1-7(6-11)9-5-10(14(3)4)13-8(2)12-9/h5,7H,6,11H2,1-4H3. The second-order valence-corrected chi connectivity index (χ2v) is 3.73. The Labute approximate surface area is 85.2 Å². The average Bonchev–Trinajstić information content (AvgIpc) is 2.15. The van der Waals surface area contributed by atoms with Gasteiger partial charge in [0.25, 0.3) is 0 Å². The Morgan fingerprint density at radius 3 is 2.57 bits per heavy atom. The summed E-state index contributed by atoms with van der Waals surface area (Å²) in [7, 11) is 3.94. The van der Waals surface area contributed by atoms with Crippen LogP contribution in [-0.2, 0) is 0 Å². The zero-order valence-corrected chi connectivity index (χ0v) is 9.28. The first-order valence-corrected chi connectivity index (χ1v) is 4.77. The summed E-state index contributed by atoms with van der Waals surface area (Å²) in [4.78, 5) is 10.7. The highest BCUT2D eigenvalue weighted by Gasteiger charge is 2.08. The summed E-state index contributed by atoms with van der Waals surface area (Å²) in [6, 6.07) is 1.99. The molecule has 0 aliphatic carbocycles. The minimum Gasteiger partial charge on any atom is -0.363 e. The molecule has 4 nitrogen and oxygen atoms in total. The van der Waals surface area contributed by atoms with E-state index in [0.717, 1.165) is 17.3 Å². The number of nitrogens with zero attached hydrogens (tertiary/aromatic N) is 3. The summed E-state index contributed by atoms with van der Waals surface area (Å²) in [5, 5.41) is 0. The van der Waals surface area contributed by atoms with Gasteiger partial charge in [0.1, 0.15) is 11.6 Å². The van der Waals surface area contributed by atoms with E-state index in [0.29, 0.717) is 6.54 Å². The van der Waals surface area contributed by atoms with Gasteiger partial charge in [-0.3, -0.25) is 0 Å². The maximum absolute atomic E-state index is 5.61. The van der Waals surface area contributed by atoms with Gasteiger partial charge in [-0.05, 0) is 6.92 Å². The molecule has 1 aromatic heterocycles. The molecule has 2 N–H and O–H groups in total. The van der Waals surface area contributed by atoms with Crippen LogP contribution < -0.4 is 10.6 Å². The monoisotopic (exact) mass is 194 g/mol. The molecule has 0 aliphatic rings. The minimum atomic E-state index is 0.287. The average molecular weight is 194 g/mol. The Morgan fingerprint density at radius 2 is 2.07 bits per heavy atom. The smallest absolute Gasteiger partial charge is 0.132 e. The van der Waals surface area contributed by atoms with Crippen molar-refractivity contribution in [1.29, 1.82) is 0 Å². The van der Waals surface area contributed by atoms with Gasteiger partial charge in [-0.2, -0.15) is 0 Å². The molecule has 0 aliphatic heterocycles. The SMILES string of the molecule is Cc1nc(C(C)CN)cc(N(C)C)n1. The van der Waals surface area contributed by atoms with Crippen LogP contribution in [0, 0.1) is 6.92 Å². The van der Waals surface area contributed by atoms with Crippen LogP contribution in [0.2, 0.25) is 0 Å². The van der Waals surface area contributed by atoms with Gasteiger partial charge in [-0.1, -0.05) is 6.92 Å². The van der Waals surface area contributed by atoms with Gasteiger partial charge in [0.15, 0.2) is 0 Å². The Hall–Kier alpha value is -1.16. The van der Waals surface area contributed by atoms with Crippen molar-refractivity contribution in [3.63, 3.8) is 0 Å². The molecule has 0 amide bonds. The van der Waals surface area contributed by atoms with Crippen molar-refractivity contribution in [2.75, 3.05) is 25.5 Å². The topological polar surface area (TPSA) is 55.0 Å². The fourth-order valence-electron chi connectivity index (χ4n) is 1.18.